The van der Waals surface area contributed by atoms with Crippen molar-refractivity contribution in [2.24, 2.45) is 5.73 Å². The van der Waals surface area contributed by atoms with Gasteiger partial charge in [0.2, 0.25) is 0 Å². The summed E-state index contributed by atoms with van der Waals surface area (Å²) in [4.78, 5) is 23.7. The van der Waals surface area contributed by atoms with Crippen molar-refractivity contribution >= 4 is 11.9 Å². The topological polar surface area (TPSA) is 122 Å². The molecule has 0 unspecified atom stereocenters. The smallest absolute Gasteiger partial charge is 0.480 e. The molecule has 0 saturated carbocycles. The Morgan fingerprint density at radius 3 is 2.10 bits per heavy atom. The van der Waals surface area contributed by atoms with E-state index >= 15 is 0 Å². The number of halogens is 3. The Morgan fingerprint density at radius 1 is 1.00 bits per heavy atom. The first-order chi connectivity index (χ1) is 14.0. The number of nitrogens with one attached hydrogen (secondary N) is 1. The van der Waals surface area contributed by atoms with Crippen molar-refractivity contribution in [1.29, 1.82) is 0 Å². The average Bonchev–Trinajstić information content (AvgIpc) is 2.67. The summed E-state index contributed by atoms with van der Waals surface area (Å²) in [6.45, 7) is 0. The van der Waals surface area contributed by atoms with Crippen LogP contribution in [0.5, 0.6) is 5.75 Å². The minimum atomic E-state index is -4.84. The van der Waals surface area contributed by atoms with Crippen LogP contribution in [-0.2, 0) is 22.4 Å². The molecule has 0 aromatic heterocycles. The molecule has 2 aromatic rings. The average molecular weight is 426 g/mol. The van der Waals surface area contributed by atoms with E-state index in [0.29, 0.717) is 5.56 Å². The normalized spacial score (nSPS) is 14.4. The highest BCUT2D eigenvalue weighted by Gasteiger charge is 2.31. The number of ether oxygens (including phenoxy) is 1. The number of carbonyl (C=O) groups is 2. The molecule has 0 spiro atoms. The first-order valence-corrected chi connectivity index (χ1v) is 8.90. The molecule has 2 aromatic carbocycles. The van der Waals surface area contributed by atoms with E-state index in [1.54, 1.807) is 30.3 Å². The van der Waals surface area contributed by atoms with Crippen LogP contribution in [0, 0.1) is 0 Å². The Labute approximate surface area is 170 Å². The minimum absolute atomic E-state index is 0.202. The van der Waals surface area contributed by atoms with Crippen LogP contribution in [-0.4, -0.2) is 46.6 Å². The lowest BCUT2D eigenvalue weighted by molar-refractivity contribution is -0.274. The lowest BCUT2D eigenvalue weighted by Gasteiger charge is -2.21. The Bertz CT molecular complexity index is 844. The summed E-state index contributed by atoms with van der Waals surface area (Å²) in [6.07, 6.45) is -6.50. The molecule has 3 atom stereocenters. The molecule has 5 N–H and O–H groups in total. The number of carboxylic acid groups (broad SMARTS) is 1. The van der Waals surface area contributed by atoms with Crippen LogP contribution >= 0.6 is 0 Å². The van der Waals surface area contributed by atoms with Crippen molar-refractivity contribution in [3.8, 4) is 5.75 Å². The van der Waals surface area contributed by atoms with E-state index in [2.05, 4.69) is 10.1 Å². The molecule has 10 heteroatoms. The standard InChI is InChI=1S/C20H21F3N2O5/c21-20(22,23)30-14-8-6-13(7-9-14)11-16(19(28)29)25-18(27)17(26)15(24)10-12-4-2-1-3-5-12/h1-9,15-17,26H,10-11,24H2,(H,25,27)(H,28,29)/t15-,16+,17+/m1/s1. The van der Waals surface area contributed by atoms with Gasteiger partial charge in [0.15, 0.2) is 0 Å². The molecular formula is C20H21F3N2O5. The van der Waals surface area contributed by atoms with Crippen LogP contribution in [0.15, 0.2) is 54.6 Å². The number of amides is 1. The van der Waals surface area contributed by atoms with Crippen molar-refractivity contribution in [2.45, 2.75) is 37.4 Å². The Hall–Kier alpha value is -3.11. The van der Waals surface area contributed by atoms with E-state index in [1.807, 2.05) is 0 Å². The van der Waals surface area contributed by atoms with E-state index in [0.717, 1.165) is 17.7 Å². The van der Waals surface area contributed by atoms with Gasteiger partial charge in [-0.05, 0) is 29.7 Å². The zero-order chi connectivity index (χ0) is 22.3. The number of rotatable bonds is 9. The van der Waals surface area contributed by atoms with Crippen molar-refractivity contribution in [2.75, 3.05) is 0 Å². The fraction of sp³-hybridized carbons (Fsp3) is 0.300. The highest BCUT2D eigenvalue weighted by molar-refractivity contribution is 5.86. The van der Waals surface area contributed by atoms with Gasteiger partial charge in [0.1, 0.15) is 17.9 Å². The second-order valence-corrected chi connectivity index (χ2v) is 6.59. The molecule has 0 saturated heterocycles. The predicted molar refractivity (Wildman–Crippen MR) is 101 cm³/mol. The molecule has 162 valence electrons. The molecule has 0 heterocycles. The third kappa shape index (κ3) is 7.37. The molecule has 0 aliphatic carbocycles. The molecular weight excluding hydrogens is 405 g/mol. The summed E-state index contributed by atoms with van der Waals surface area (Å²) in [5.41, 5.74) is 7.00. The Balaban J connectivity index is 1.97. The highest BCUT2D eigenvalue weighted by atomic mass is 19.4. The summed E-state index contributed by atoms with van der Waals surface area (Å²) >= 11 is 0. The highest BCUT2D eigenvalue weighted by Crippen LogP contribution is 2.23. The maximum absolute atomic E-state index is 12.2. The van der Waals surface area contributed by atoms with Gasteiger partial charge in [-0.3, -0.25) is 4.79 Å². The number of aliphatic hydroxyl groups is 1. The van der Waals surface area contributed by atoms with E-state index in [4.69, 9.17) is 5.73 Å². The van der Waals surface area contributed by atoms with Crippen LogP contribution in [0.4, 0.5) is 13.2 Å². The Kier molecular flexibility index (Phi) is 7.79. The molecule has 7 nitrogen and oxygen atoms in total. The van der Waals surface area contributed by atoms with Crippen molar-refractivity contribution in [1.82, 2.24) is 5.32 Å². The first-order valence-electron chi connectivity index (χ1n) is 8.90. The number of nitrogens with two attached hydrogens (primary N) is 1. The maximum Gasteiger partial charge on any atom is 0.573 e. The van der Waals surface area contributed by atoms with Crippen molar-refractivity contribution in [3.05, 3.63) is 65.7 Å². The lowest BCUT2D eigenvalue weighted by Crippen LogP contribution is -2.52. The summed E-state index contributed by atoms with van der Waals surface area (Å²) in [6, 6.07) is 11.1. The number of aliphatic hydroxyl groups excluding tert-OH is 1. The fourth-order valence-corrected chi connectivity index (χ4v) is 2.71. The van der Waals surface area contributed by atoms with Gasteiger partial charge in [-0.1, -0.05) is 42.5 Å². The SMILES string of the molecule is N[C@H](Cc1ccccc1)[C@H](O)C(=O)N[C@@H](Cc1ccc(OC(F)(F)F)cc1)C(=O)O. The van der Waals surface area contributed by atoms with Crippen LogP contribution in [0.2, 0.25) is 0 Å². The molecule has 30 heavy (non-hydrogen) atoms. The van der Waals surface area contributed by atoms with E-state index in [1.165, 1.54) is 12.1 Å². The molecule has 0 fully saturated rings. The summed E-state index contributed by atoms with van der Waals surface area (Å²) in [5, 5.41) is 21.7. The zero-order valence-electron chi connectivity index (χ0n) is 15.7. The number of hydrogen-bond donors (Lipinski definition) is 4. The van der Waals surface area contributed by atoms with Gasteiger partial charge < -0.3 is 26.0 Å². The van der Waals surface area contributed by atoms with Gasteiger partial charge in [-0.15, -0.1) is 13.2 Å². The summed E-state index contributed by atoms with van der Waals surface area (Å²) in [7, 11) is 0. The van der Waals surface area contributed by atoms with Crippen molar-refractivity contribution < 1.29 is 37.7 Å². The number of hydrogen-bond acceptors (Lipinski definition) is 5. The second-order valence-electron chi connectivity index (χ2n) is 6.59. The first kappa shape index (κ1) is 23.2. The van der Waals surface area contributed by atoms with Gasteiger partial charge in [-0.25, -0.2) is 4.79 Å². The lowest BCUT2D eigenvalue weighted by atomic mass is 10.0. The largest absolute Gasteiger partial charge is 0.573 e. The molecule has 0 aliphatic heterocycles. The monoisotopic (exact) mass is 426 g/mol. The molecule has 0 radical (unpaired) electrons. The van der Waals surface area contributed by atoms with Gasteiger partial charge in [-0.2, -0.15) is 0 Å². The van der Waals surface area contributed by atoms with E-state index in [9.17, 15) is 33.0 Å². The van der Waals surface area contributed by atoms with Crippen LogP contribution in [0.3, 0.4) is 0 Å². The van der Waals surface area contributed by atoms with Gasteiger partial charge in [0.25, 0.3) is 5.91 Å². The van der Waals surface area contributed by atoms with Crippen LogP contribution < -0.4 is 15.8 Å². The fourth-order valence-electron chi connectivity index (χ4n) is 2.71. The van der Waals surface area contributed by atoms with Gasteiger partial charge >= 0.3 is 12.3 Å². The number of alkyl halides is 3. The summed E-state index contributed by atoms with van der Waals surface area (Å²) in [5.74, 6) is -2.78. The summed E-state index contributed by atoms with van der Waals surface area (Å²) < 4.78 is 40.3. The molecule has 1 amide bonds. The molecule has 0 aliphatic rings. The maximum atomic E-state index is 12.2. The number of aliphatic carboxylic acids is 1. The van der Waals surface area contributed by atoms with E-state index in [-0.39, 0.29) is 12.8 Å². The van der Waals surface area contributed by atoms with Crippen LogP contribution in [0.25, 0.3) is 0 Å². The van der Waals surface area contributed by atoms with Gasteiger partial charge in [0.05, 0.1) is 0 Å². The zero-order valence-corrected chi connectivity index (χ0v) is 15.7. The molecule has 0 bridgehead atoms. The number of benzene rings is 2. The van der Waals surface area contributed by atoms with Gasteiger partial charge in [0, 0.05) is 12.5 Å². The minimum Gasteiger partial charge on any atom is -0.480 e. The van der Waals surface area contributed by atoms with Crippen LogP contribution in [0.1, 0.15) is 11.1 Å². The molecule has 2 rings (SSSR count). The van der Waals surface area contributed by atoms with Crippen molar-refractivity contribution in [3.63, 3.8) is 0 Å². The third-order valence-electron chi connectivity index (χ3n) is 4.20. The quantitative estimate of drug-likeness (QED) is 0.484. The number of carboxylic acids is 1. The Morgan fingerprint density at radius 2 is 1.57 bits per heavy atom. The number of carbonyl (C=O) groups excluding carboxylic acids is 1. The predicted octanol–water partition coefficient (Wildman–Crippen LogP) is 1.63. The third-order valence-corrected chi connectivity index (χ3v) is 4.20. The second kappa shape index (κ2) is 10.1. The van der Waals surface area contributed by atoms with E-state index < -0.39 is 42.2 Å².